The minimum Gasteiger partial charge on any atom is -0.385 e. The Balaban J connectivity index is 1.52. The monoisotopic (exact) mass is 498 g/mol. The van der Waals surface area contributed by atoms with Crippen LogP contribution < -0.4 is 16.0 Å². The molecular formula is C28H42N4O4. The molecule has 0 saturated carbocycles. The number of fused-ring (bicyclic) bond motifs is 2. The van der Waals surface area contributed by atoms with Gasteiger partial charge in [0, 0.05) is 19.8 Å². The first-order chi connectivity index (χ1) is 17.4. The molecule has 2 aliphatic heterocycles. The average molecular weight is 499 g/mol. The Kier molecular flexibility index (Phi) is 9.01. The number of likely N-dealkylation sites (N-methyl/N-ethyl adjacent to an activating group) is 1. The lowest BCUT2D eigenvalue weighted by Crippen LogP contribution is -2.58. The van der Waals surface area contributed by atoms with Crippen molar-refractivity contribution in [3.8, 4) is 0 Å². The van der Waals surface area contributed by atoms with E-state index in [-0.39, 0.29) is 35.7 Å². The van der Waals surface area contributed by atoms with Gasteiger partial charge in [0.2, 0.25) is 17.7 Å². The van der Waals surface area contributed by atoms with E-state index in [0.29, 0.717) is 19.4 Å². The van der Waals surface area contributed by atoms with Crippen LogP contribution in [0.2, 0.25) is 0 Å². The van der Waals surface area contributed by atoms with Gasteiger partial charge in [-0.2, -0.15) is 0 Å². The van der Waals surface area contributed by atoms with Gasteiger partial charge in [0.05, 0.1) is 12.1 Å². The van der Waals surface area contributed by atoms with Gasteiger partial charge in [-0.25, -0.2) is 0 Å². The molecule has 1 aliphatic carbocycles. The second-order valence-corrected chi connectivity index (χ2v) is 10.7. The molecule has 0 unspecified atom stereocenters. The zero-order valence-electron chi connectivity index (χ0n) is 21.9. The van der Waals surface area contributed by atoms with Gasteiger partial charge in [0.25, 0.3) is 0 Å². The summed E-state index contributed by atoms with van der Waals surface area (Å²) in [5, 5.41) is 9.22. The van der Waals surface area contributed by atoms with Gasteiger partial charge in [-0.3, -0.25) is 14.4 Å². The Morgan fingerprint density at radius 2 is 1.86 bits per heavy atom. The van der Waals surface area contributed by atoms with Crippen LogP contribution in [0.4, 0.5) is 0 Å². The van der Waals surface area contributed by atoms with E-state index >= 15 is 0 Å². The number of aryl methyl sites for hydroxylation is 1. The zero-order valence-corrected chi connectivity index (χ0v) is 21.9. The third kappa shape index (κ3) is 5.92. The van der Waals surface area contributed by atoms with Crippen LogP contribution in [0, 0.1) is 5.92 Å². The van der Waals surface area contributed by atoms with Crippen LogP contribution in [-0.2, 0) is 25.5 Å². The van der Waals surface area contributed by atoms with Gasteiger partial charge in [0.1, 0.15) is 12.1 Å². The SMILES string of the molecule is CN[C@@H](C)C(=O)N[C@H]1C[C@H](CCOC)CC[C@H]2CC[C@@H](C(=O)N[C@@H]3CCCc4ccccc43)N2C1=O. The third-order valence-electron chi connectivity index (χ3n) is 8.39. The summed E-state index contributed by atoms with van der Waals surface area (Å²) in [6.07, 6.45) is 7.72. The quantitative estimate of drug-likeness (QED) is 0.511. The highest BCUT2D eigenvalue weighted by atomic mass is 16.5. The van der Waals surface area contributed by atoms with E-state index in [9.17, 15) is 14.4 Å². The number of amides is 3. The van der Waals surface area contributed by atoms with Crippen LogP contribution in [0.25, 0.3) is 0 Å². The molecule has 2 fully saturated rings. The molecule has 2 heterocycles. The Labute approximate surface area is 214 Å². The number of carbonyl (C=O) groups is 3. The largest absolute Gasteiger partial charge is 0.385 e. The van der Waals surface area contributed by atoms with Crippen LogP contribution in [0.5, 0.6) is 0 Å². The molecule has 3 aliphatic rings. The minimum atomic E-state index is -0.637. The standard InChI is InChI=1S/C28H42N4O4/c1-18(29-2)26(33)31-24-17-19(15-16-36-3)11-12-21-13-14-25(32(21)28(24)35)27(34)30-23-10-6-8-20-7-4-5-9-22(20)23/h4-5,7,9,18-19,21,23-25,29H,6,8,10-17H2,1-3H3,(H,30,34)(H,31,33)/t18-,19-,21-,23+,24-,25-/m0/s1. The van der Waals surface area contributed by atoms with Crippen molar-refractivity contribution >= 4 is 17.7 Å². The van der Waals surface area contributed by atoms with E-state index in [1.165, 1.54) is 11.1 Å². The number of hydrogen-bond acceptors (Lipinski definition) is 5. The lowest BCUT2D eigenvalue weighted by atomic mass is 9.87. The second kappa shape index (κ2) is 12.2. The number of ether oxygens (including phenoxy) is 1. The molecule has 0 radical (unpaired) electrons. The van der Waals surface area contributed by atoms with E-state index in [1.54, 1.807) is 21.1 Å². The Morgan fingerprint density at radius 3 is 2.64 bits per heavy atom. The van der Waals surface area contributed by atoms with Crippen LogP contribution in [0.15, 0.2) is 24.3 Å². The van der Waals surface area contributed by atoms with Crippen molar-refractivity contribution in [2.75, 3.05) is 20.8 Å². The van der Waals surface area contributed by atoms with E-state index in [0.717, 1.165) is 44.9 Å². The fourth-order valence-corrected chi connectivity index (χ4v) is 6.18. The molecule has 198 valence electrons. The van der Waals surface area contributed by atoms with Crippen LogP contribution in [0.3, 0.4) is 0 Å². The van der Waals surface area contributed by atoms with Crippen molar-refractivity contribution < 1.29 is 19.1 Å². The van der Waals surface area contributed by atoms with E-state index in [2.05, 4.69) is 28.1 Å². The fraction of sp³-hybridized carbons (Fsp3) is 0.679. The molecular weight excluding hydrogens is 456 g/mol. The van der Waals surface area contributed by atoms with E-state index < -0.39 is 18.1 Å². The van der Waals surface area contributed by atoms with Gasteiger partial charge in [-0.15, -0.1) is 0 Å². The number of nitrogens with one attached hydrogen (secondary N) is 3. The first-order valence-corrected chi connectivity index (χ1v) is 13.6. The summed E-state index contributed by atoms with van der Waals surface area (Å²) >= 11 is 0. The first kappa shape index (κ1) is 26.6. The molecule has 1 aromatic carbocycles. The Morgan fingerprint density at radius 1 is 1.08 bits per heavy atom. The zero-order chi connectivity index (χ0) is 25.7. The van der Waals surface area contributed by atoms with Crippen molar-refractivity contribution in [3.63, 3.8) is 0 Å². The Bertz CT molecular complexity index is 938. The average Bonchev–Trinajstić information content (AvgIpc) is 3.31. The lowest BCUT2D eigenvalue weighted by molar-refractivity contribution is -0.145. The Hall–Kier alpha value is -2.45. The van der Waals surface area contributed by atoms with Crippen LogP contribution in [-0.4, -0.2) is 67.6 Å². The van der Waals surface area contributed by atoms with E-state index in [4.69, 9.17) is 4.74 Å². The third-order valence-corrected chi connectivity index (χ3v) is 8.39. The van der Waals surface area contributed by atoms with Gasteiger partial charge in [0.15, 0.2) is 0 Å². The predicted molar refractivity (Wildman–Crippen MR) is 138 cm³/mol. The molecule has 3 amide bonds. The molecule has 3 N–H and O–H groups in total. The second-order valence-electron chi connectivity index (χ2n) is 10.7. The van der Waals surface area contributed by atoms with Crippen LogP contribution in [0.1, 0.15) is 75.5 Å². The van der Waals surface area contributed by atoms with Gasteiger partial charge >= 0.3 is 0 Å². The number of rotatable bonds is 8. The number of nitrogens with zero attached hydrogens (tertiary/aromatic N) is 1. The lowest BCUT2D eigenvalue weighted by Gasteiger charge is -2.38. The smallest absolute Gasteiger partial charge is 0.246 e. The van der Waals surface area contributed by atoms with Gasteiger partial charge < -0.3 is 25.6 Å². The van der Waals surface area contributed by atoms with Crippen LogP contribution >= 0.6 is 0 Å². The summed E-state index contributed by atoms with van der Waals surface area (Å²) in [5.74, 6) is -0.103. The van der Waals surface area contributed by atoms with E-state index in [1.807, 2.05) is 17.0 Å². The highest BCUT2D eigenvalue weighted by Gasteiger charge is 2.45. The maximum absolute atomic E-state index is 13.9. The summed E-state index contributed by atoms with van der Waals surface area (Å²) < 4.78 is 5.30. The summed E-state index contributed by atoms with van der Waals surface area (Å²) in [6.45, 7) is 2.41. The molecule has 8 nitrogen and oxygen atoms in total. The summed E-state index contributed by atoms with van der Waals surface area (Å²) in [7, 11) is 3.42. The summed E-state index contributed by atoms with van der Waals surface area (Å²) in [6, 6.07) is 6.79. The molecule has 36 heavy (non-hydrogen) atoms. The first-order valence-electron chi connectivity index (χ1n) is 13.6. The molecule has 0 aromatic heterocycles. The molecule has 2 saturated heterocycles. The van der Waals surface area contributed by atoms with Crippen molar-refractivity contribution in [2.45, 2.75) is 94.9 Å². The van der Waals surface area contributed by atoms with Gasteiger partial charge in [-0.05, 0) is 88.8 Å². The topological polar surface area (TPSA) is 99.8 Å². The normalized spacial score (nSPS) is 28.9. The fourth-order valence-electron chi connectivity index (χ4n) is 6.18. The summed E-state index contributed by atoms with van der Waals surface area (Å²) in [4.78, 5) is 42.1. The molecule has 0 bridgehead atoms. The molecule has 8 heteroatoms. The van der Waals surface area contributed by atoms with Crippen molar-refractivity contribution in [1.29, 1.82) is 0 Å². The molecule has 1 aromatic rings. The number of hydrogen-bond donors (Lipinski definition) is 3. The maximum atomic E-state index is 13.9. The highest BCUT2D eigenvalue weighted by Crippen LogP contribution is 2.35. The number of carbonyl (C=O) groups excluding carboxylic acids is 3. The molecule has 6 atom stereocenters. The van der Waals surface area contributed by atoms with Gasteiger partial charge in [-0.1, -0.05) is 24.3 Å². The molecule has 0 spiro atoms. The highest BCUT2D eigenvalue weighted by molar-refractivity contribution is 5.93. The molecule has 4 rings (SSSR count). The van der Waals surface area contributed by atoms with Crippen molar-refractivity contribution in [1.82, 2.24) is 20.9 Å². The number of methoxy groups -OCH3 is 1. The summed E-state index contributed by atoms with van der Waals surface area (Å²) in [5.41, 5.74) is 2.49. The maximum Gasteiger partial charge on any atom is 0.246 e. The predicted octanol–water partition coefficient (Wildman–Crippen LogP) is 2.47. The minimum absolute atomic E-state index is 0.0169. The van der Waals surface area contributed by atoms with Crippen molar-refractivity contribution in [2.24, 2.45) is 5.92 Å². The van der Waals surface area contributed by atoms with Crippen molar-refractivity contribution in [3.05, 3.63) is 35.4 Å². The number of benzene rings is 1.